The molecule has 0 aromatic heterocycles. The van der Waals surface area contributed by atoms with E-state index in [0.29, 0.717) is 0 Å². The lowest BCUT2D eigenvalue weighted by Crippen LogP contribution is -2.32. The molecule has 0 rings (SSSR count). The predicted octanol–water partition coefficient (Wildman–Crippen LogP) is -1.21. The average molecular weight is 273 g/mol. The highest BCUT2D eigenvalue weighted by Crippen LogP contribution is 1.97. The summed E-state index contributed by atoms with van der Waals surface area (Å²) >= 11 is 0. The third kappa shape index (κ3) is 17.4. The van der Waals surface area contributed by atoms with Gasteiger partial charge in [-0.1, -0.05) is 0 Å². The molecule has 0 heterocycles. The molecule has 0 unspecified atom stereocenters. The molecule has 102 valence electrons. The van der Waals surface area contributed by atoms with Crippen LogP contribution >= 0.6 is 0 Å². The van der Waals surface area contributed by atoms with E-state index in [2.05, 4.69) is 9.47 Å². The molecular weight excluding hydrogens is 258 g/mol. The molecule has 17 heavy (non-hydrogen) atoms. The Bertz CT molecular complexity index is 330. The summed E-state index contributed by atoms with van der Waals surface area (Å²) in [6, 6.07) is -0.742. The van der Waals surface area contributed by atoms with Gasteiger partial charge in [-0.25, -0.2) is 0 Å². The van der Waals surface area contributed by atoms with Crippen LogP contribution in [0.2, 0.25) is 0 Å². The lowest BCUT2D eigenvalue weighted by molar-refractivity contribution is -0.143. The van der Waals surface area contributed by atoms with Crippen LogP contribution in [0.4, 0.5) is 0 Å². The van der Waals surface area contributed by atoms with Crippen molar-refractivity contribution in [3.8, 4) is 0 Å². The number of esters is 2. The van der Waals surface area contributed by atoms with E-state index >= 15 is 0 Å². The maximum atomic E-state index is 10.7. The lowest BCUT2D eigenvalue weighted by Gasteiger charge is -2.07. The van der Waals surface area contributed by atoms with Crippen LogP contribution in [0.1, 0.15) is 12.8 Å². The van der Waals surface area contributed by atoms with Crippen LogP contribution in [0.25, 0.3) is 0 Å². The summed E-state index contributed by atoms with van der Waals surface area (Å²) in [4.78, 5) is 21.3. The largest absolute Gasteiger partial charge is 0.469 e. The fourth-order valence-electron chi connectivity index (χ4n) is 0.645. The molecule has 0 amide bonds. The molecule has 0 aliphatic rings. The van der Waals surface area contributed by atoms with Gasteiger partial charge in [0.05, 0.1) is 14.2 Å². The first kappa shape index (κ1) is 18.1. The second-order valence-corrected chi connectivity index (χ2v) is 3.59. The highest BCUT2D eigenvalue weighted by molar-refractivity contribution is 7.79. The molecule has 9 nitrogen and oxygen atoms in total. The highest BCUT2D eigenvalue weighted by atomic mass is 32.3. The number of rotatable bonds is 4. The first-order valence-corrected chi connectivity index (χ1v) is 5.61. The summed E-state index contributed by atoms with van der Waals surface area (Å²) in [5, 5.41) is 0. The topological polar surface area (TPSA) is 153 Å². The average Bonchev–Trinajstić information content (AvgIpc) is 2.21. The Kier molecular flexibility index (Phi) is 9.47. The Morgan fingerprint density at radius 1 is 1.24 bits per heavy atom. The normalized spacial score (nSPS) is 11.8. The molecule has 0 spiro atoms. The van der Waals surface area contributed by atoms with Gasteiger partial charge in [-0.05, 0) is 6.42 Å². The van der Waals surface area contributed by atoms with Crippen molar-refractivity contribution in [2.24, 2.45) is 5.73 Å². The van der Waals surface area contributed by atoms with Crippen LogP contribution in [0.3, 0.4) is 0 Å². The van der Waals surface area contributed by atoms with E-state index in [1.54, 1.807) is 0 Å². The molecule has 10 heteroatoms. The monoisotopic (exact) mass is 273 g/mol. The number of carbonyl (C=O) groups excluding carboxylic acids is 2. The van der Waals surface area contributed by atoms with E-state index in [1.807, 2.05) is 0 Å². The summed E-state index contributed by atoms with van der Waals surface area (Å²) in [6.07, 6.45) is 0.381. The lowest BCUT2D eigenvalue weighted by atomic mass is 10.2. The Morgan fingerprint density at radius 3 is 1.94 bits per heavy atom. The molecule has 0 radical (unpaired) electrons. The van der Waals surface area contributed by atoms with Crippen molar-refractivity contribution < 1.29 is 36.6 Å². The Morgan fingerprint density at radius 2 is 1.65 bits per heavy atom. The molecule has 0 saturated heterocycles. The van der Waals surface area contributed by atoms with E-state index in [0.717, 1.165) is 0 Å². The minimum atomic E-state index is -4.67. The molecular formula is C7H15NO8S. The fraction of sp³-hybridized carbons (Fsp3) is 0.714. The van der Waals surface area contributed by atoms with Crippen molar-refractivity contribution in [3.63, 3.8) is 0 Å². The SMILES string of the molecule is COC(=O)CC[C@H](N)C(=O)OC.O=S(=O)(O)O. The summed E-state index contributed by atoms with van der Waals surface area (Å²) in [7, 11) is -2.13. The fourth-order valence-corrected chi connectivity index (χ4v) is 0.645. The number of methoxy groups -OCH3 is 2. The molecule has 0 saturated carbocycles. The van der Waals surface area contributed by atoms with E-state index < -0.39 is 22.4 Å². The third-order valence-electron chi connectivity index (χ3n) is 1.39. The van der Waals surface area contributed by atoms with Crippen molar-refractivity contribution in [2.45, 2.75) is 18.9 Å². The van der Waals surface area contributed by atoms with Crippen LogP contribution in [-0.4, -0.2) is 49.7 Å². The van der Waals surface area contributed by atoms with E-state index in [9.17, 15) is 9.59 Å². The molecule has 4 N–H and O–H groups in total. The minimum Gasteiger partial charge on any atom is -0.469 e. The van der Waals surface area contributed by atoms with Crippen molar-refractivity contribution in [1.82, 2.24) is 0 Å². The van der Waals surface area contributed by atoms with Gasteiger partial charge < -0.3 is 15.2 Å². The number of hydrogen-bond acceptors (Lipinski definition) is 7. The van der Waals surface area contributed by atoms with Crippen LogP contribution in [-0.2, 0) is 29.5 Å². The van der Waals surface area contributed by atoms with Gasteiger partial charge in [-0.15, -0.1) is 0 Å². The maximum Gasteiger partial charge on any atom is 0.394 e. The van der Waals surface area contributed by atoms with Gasteiger partial charge in [-0.2, -0.15) is 8.42 Å². The van der Waals surface area contributed by atoms with Gasteiger partial charge in [0.2, 0.25) is 0 Å². The standard InChI is InChI=1S/C7H13NO4.H2O4S/c1-11-6(9)4-3-5(8)7(10)12-2;1-5(2,3)4/h5H,3-4,8H2,1-2H3;(H2,1,2,3,4)/t5-;/m0./s1. The second kappa shape index (κ2) is 8.87. The number of carbonyl (C=O) groups is 2. The third-order valence-corrected chi connectivity index (χ3v) is 1.39. The Labute approximate surface area is 98.5 Å². The van der Waals surface area contributed by atoms with E-state index in [-0.39, 0.29) is 18.8 Å². The summed E-state index contributed by atoms with van der Waals surface area (Å²) in [5.41, 5.74) is 5.35. The first-order chi connectivity index (χ1) is 7.61. The second-order valence-electron chi connectivity index (χ2n) is 2.69. The van der Waals surface area contributed by atoms with E-state index in [1.165, 1.54) is 14.2 Å². The van der Waals surface area contributed by atoms with Crippen LogP contribution in [0.5, 0.6) is 0 Å². The zero-order chi connectivity index (χ0) is 14.1. The number of ether oxygens (including phenoxy) is 2. The van der Waals surface area contributed by atoms with E-state index in [4.69, 9.17) is 23.3 Å². The quantitative estimate of drug-likeness (QED) is 0.422. The zero-order valence-corrected chi connectivity index (χ0v) is 10.1. The summed E-state index contributed by atoms with van der Waals surface area (Å²) in [6.45, 7) is 0. The molecule has 0 aliphatic heterocycles. The molecule has 0 aromatic rings. The Hall–Kier alpha value is -1.23. The van der Waals surface area contributed by atoms with Crippen LogP contribution in [0, 0.1) is 0 Å². The predicted molar refractivity (Wildman–Crippen MR) is 55.4 cm³/mol. The Balaban J connectivity index is 0. The summed E-state index contributed by atoms with van der Waals surface area (Å²) in [5.74, 6) is -0.895. The first-order valence-electron chi connectivity index (χ1n) is 4.22. The molecule has 0 fully saturated rings. The molecule has 0 bridgehead atoms. The van der Waals surface area contributed by atoms with Crippen molar-refractivity contribution in [2.75, 3.05) is 14.2 Å². The van der Waals surface area contributed by atoms with Crippen LogP contribution < -0.4 is 5.73 Å². The van der Waals surface area contributed by atoms with Gasteiger partial charge >= 0.3 is 22.3 Å². The van der Waals surface area contributed by atoms with Crippen LogP contribution in [0.15, 0.2) is 0 Å². The van der Waals surface area contributed by atoms with Crippen molar-refractivity contribution in [3.05, 3.63) is 0 Å². The minimum absolute atomic E-state index is 0.132. The van der Waals surface area contributed by atoms with Crippen molar-refractivity contribution in [1.29, 1.82) is 0 Å². The molecule has 0 aromatic carbocycles. The van der Waals surface area contributed by atoms with Gasteiger partial charge in [0, 0.05) is 6.42 Å². The van der Waals surface area contributed by atoms with Gasteiger partial charge in [0.15, 0.2) is 0 Å². The zero-order valence-electron chi connectivity index (χ0n) is 9.32. The molecule has 1 atom stereocenters. The van der Waals surface area contributed by atoms with Gasteiger partial charge in [0.25, 0.3) is 0 Å². The van der Waals surface area contributed by atoms with Gasteiger partial charge in [-0.3, -0.25) is 18.7 Å². The smallest absolute Gasteiger partial charge is 0.394 e. The maximum absolute atomic E-state index is 10.7. The van der Waals surface area contributed by atoms with Gasteiger partial charge in [0.1, 0.15) is 6.04 Å². The number of nitrogens with two attached hydrogens (primary N) is 1. The van der Waals surface area contributed by atoms with Crippen molar-refractivity contribution >= 4 is 22.3 Å². The number of hydrogen-bond donors (Lipinski definition) is 3. The molecule has 0 aliphatic carbocycles. The summed E-state index contributed by atoms with van der Waals surface area (Å²) < 4.78 is 40.3. The highest BCUT2D eigenvalue weighted by Gasteiger charge is 2.14.